The Morgan fingerprint density at radius 3 is 2.90 bits per heavy atom. The molecule has 3 heteroatoms. The molecule has 0 saturated heterocycles. The summed E-state index contributed by atoms with van der Waals surface area (Å²) < 4.78 is 0. The molecule has 1 unspecified atom stereocenters. The molecule has 0 fully saturated rings. The van der Waals surface area contributed by atoms with Gasteiger partial charge < -0.3 is 5.32 Å². The van der Waals surface area contributed by atoms with Crippen LogP contribution in [-0.4, -0.2) is 11.5 Å². The quantitative estimate of drug-likeness (QED) is 0.720. The van der Waals surface area contributed by atoms with Gasteiger partial charge in [0.25, 0.3) is 0 Å². The van der Waals surface area contributed by atoms with Crippen molar-refractivity contribution < 1.29 is 0 Å². The van der Waals surface area contributed by atoms with E-state index >= 15 is 0 Å². The molecule has 1 N–H and O–H groups in total. The summed E-state index contributed by atoms with van der Waals surface area (Å²) in [5, 5.41) is 7.10. The van der Waals surface area contributed by atoms with E-state index in [0.717, 1.165) is 24.9 Å². The van der Waals surface area contributed by atoms with Gasteiger partial charge in [-0.15, -0.1) is 11.3 Å². The van der Waals surface area contributed by atoms with Crippen molar-refractivity contribution in [3.8, 4) is 0 Å². The number of rotatable bonds is 6. The number of thiophene rings is 1. The lowest BCUT2D eigenvalue weighted by molar-refractivity contribution is 0.535. The number of aromatic nitrogens is 1. The Kier molecular flexibility index (Phi) is 4.63. The van der Waals surface area contributed by atoms with Crippen molar-refractivity contribution >= 4 is 22.2 Å². The molecular weight excluding hydrogens is 276 g/mol. The Labute approximate surface area is 129 Å². The first-order valence-electron chi connectivity index (χ1n) is 7.48. The van der Waals surface area contributed by atoms with Crippen LogP contribution in [0.15, 0.2) is 54.0 Å². The third-order valence-electron chi connectivity index (χ3n) is 3.68. The fourth-order valence-corrected chi connectivity index (χ4v) is 3.42. The molecule has 0 aliphatic rings. The molecule has 108 valence electrons. The summed E-state index contributed by atoms with van der Waals surface area (Å²) in [5.74, 6) is 0. The third-order valence-corrected chi connectivity index (χ3v) is 4.58. The van der Waals surface area contributed by atoms with Gasteiger partial charge in [-0.25, -0.2) is 0 Å². The number of fused-ring (bicyclic) bond motifs is 1. The molecule has 21 heavy (non-hydrogen) atoms. The zero-order chi connectivity index (χ0) is 14.5. The average molecular weight is 296 g/mol. The van der Waals surface area contributed by atoms with Gasteiger partial charge in [-0.2, -0.15) is 0 Å². The summed E-state index contributed by atoms with van der Waals surface area (Å²) in [6.45, 7) is 3.24. The van der Waals surface area contributed by atoms with Gasteiger partial charge in [0.2, 0.25) is 0 Å². The Morgan fingerprint density at radius 1 is 1.14 bits per heavy atom. The molecule has 3 aromatic rings. The van der Waals surface area contributed by atoms with Crippen LogP contribution in [0, 0.1) is 0 Å². The molecule has 1 aromatic carbocycles. The maximum Gasteiger partial charge on any atom is 0.0705 e. The van der Waals surface area contributed by atoms with Gasteiger partial charge in [0.1, 0.15) is 0 Å². The second kappa shape index (κ2) is 6.83. The SMILES string of the molecule is CCCNC(Cc1cccs1)c1cccc2ncccc12. The molecule has 2 nitrogen and oxygen atoms in total. The average Bonchev–Trinajstić information content (AvgIpc) is 3.04. The Balaban J connectivity index is 1.97. The number of benzene rings is 1. The first-order chi connectivity index (χ1) is 10.4. The van der Waals surface area contributed by atoms with Crippen molar-refractivity contribution in [2.75, 3.05) is 6.54 Å². The minimum absolute atomic E-state index is 0.344. The van der Waals surface area contributed by atoms with Crippen molar-refractivity contribution in [2.45, 2.75) is 25.8 Å². The van der Waals surface area contributed by atoms with E-state index < -0.39 is 0 Å². The van der Waals surface area contributed by atoms with Crippen LogP contribution in [0.4, 0.5) is 0 Å². The molecule has 2 aromatic heterocycles. The largest absolute Gasteiger partial charge is 0.310 e. The normalized spacial score (nSPS) is 12.6. The second-order valence-electron chi connectivity index (χ2n) is 5.21. The molecule has 0 amide bonds. The van der Waals surface area contributed by atoms with Crippen molar-refractivity contribution in [2.24, 2.45) is 0 Å². The molecule has 0 spiro atoms. The molecule has 2 heterocycles. The van der Waals surface area contributed by atoms with Crippen LogP contribution in [-0.2, 0) is 6.42 Å². The zero-order valence-electron chi connectivity index (χ0n) is 12.3. The van der Waals surface area contributed by atoms with Gasteiger partial charge in [-0.3, -0.25) is 4.98 Å². The van der Waals surface area contributed by atoms with Crippen molar-refractivity contribution in [3.63, 3.8) is 0 Å². The van der Waals surface area contributed by atoms with Gasteiger partial charge in [0, 0.05) is 28.9 Å². The van der Waals surface area contributed by atoms with Gasteiger partial charge in [0.05, 0.1) is 5.52 Å². The lowest BCUT2D eigenvalue weighted by atomic mass is 9.98. The van der Waals surface area contributed by atoms with Crippen LogP contribution in [0.3, 0.4) is 0 Å². The van der Waals surface area contributed by atoms with Gasteiger partial charge in [-0.05, 0) is 42.1 Å². The van der Waals surface area contributed by atoms with Crippen molar-refractivity contribution in [3.05, 3.63) is 64.5 Å². The Morgan fingerprint density at radius 2 is 2.10 bits per heavy atom. The number of hydrogen-bond donors (Lipinski definition) is 1. The van der Waals surface area contributed by atoms with E-state index in [1.54, 1.807) is 0 Å². The third kappa shape index (κ3) is 3.31. The van der Waals surface area contributed by atoms with E-state index in [4.69, 9.17) is 0 Å². The van der Waals surface area contributed by atoms with Crippen molar-refractivity contribution in [1.29, 1.82) is 0 Å². The first kappa shape index (κ1) is 14.2. The van der Waals surface area contributed by atoms with Crippen LogP contribution < -0.4 is 5.32 Å². The predicted octanol–water partition coefficient (Wildman–Crippen LogP) is 4.58. The summed E-state index contributed by atoms with van der Waals surface area (Å²) in [4.78, 5) is 5.90. The molecule has 0 saturated carbocycles. The molecule has 0 aliphatic heterocycles. The summed E-state index contributed by atoms with van der Waals surface area (Å²) in [5.41, 5.74) is 2.42. The fourth-order valence-electron chi connectivity index (χ4n) is 2.67. The van der Waals surface area contributed by atoms with Crippen molar-refractivity contribution in [1.82, 2.24) is 10.3 Å². The fraction of sp³-hybridized carbons (Fsp3) is 0.278. The number of hydrogen-bond acceptors (Lipinski definition) is 3. The van der Waals surface area contributed by atoms with E-state index in [1.807, 2.05) is 23.6 Å². The van der Waals surface area contributed by atoms with E-state index in [-0.39, 0.29) is 0 Å². The van der Waals surface area contributed by atoms with Crippen LogP contribution in [0.1, 0.15) is 29.8 Å². The van der Waals surface area contributed by atoms with Gasteiger partial charge in [0.15, 0.2) is 0 Å². The highest BCUT2D eigenvalue weighted by Crippen LogP contribution is 2.27. The van der Waals surface area contributed by atoms with Crippen LogP contribution >= 0.6 is 11.3 Å². The second-order valence-corrected chi connectivity index (χ2v) is 6.24. The maximum absolute atomic E-state index is 4.48. The summed E-state index contributed by atoms with van der Waals surface area (Å²) in [6.07, 6.45) is 4.04. The Hall–Kier alpha value is -1.71. The topological polar surface area (TPSA) is 24.9 Å². The predicted molar refractivity (Wildman–Crippen MR) is 90.8 cm³/mol. The molecule has 3 rings (SSSR count). The molecular formula is C18H20N2S. The van der Waals surface area contributed by atoms with Gasteiger partial charge in [-0.1, -0.05) is 31.2 Å². The van der Waals surface area contributed by atoms with Crippen LogP contribution in [0.2, 0.25) is 0 Å². The maximum atomic E-state index is 4.48. The molecule has 0 radical (unpaired) electrons. The molecule has 1 atom stereocenters. The molecule has 0 aliphatic carbocycles. The first-order valence-corrected chi connectivity index (χ1v) is 8.36. The van der Waals surface area contributed by atoms with Crippen LogP contribution in [0.25, 0.3) is 10.9 Å². The molecule has 0 bridgehead atoms. The van der Waals surface area contributed by atoms with E-state index in [9.17, 15) is 0 Å². The summed E-state index contributed by atoms with van der Waals surface area (Å²) >= 11 is 1.83. The minimum atomic E-state index is 0.344. The van der Waals surface area contributed by atoms with E-state index in [1.165, 1.54) is 15.8 Å². The minimum Gasteiger partial charge on any atom is -0.310 e. The number of nitrogens with one attached hydrogen (secondary N) is 1. The highest BCUT2D eigenvalue weighted by Gasteiger charge is 2.15. The Bertz CT molecular complexity index is 686. The van der Waals surface area contributed by atoms with E-state index in [2.05, 4.69) is 59.0 Å². The standard InChI is InChI=1S/C18H20N2S/c1-2-10-19-18(13-14-6-5-12-21-14)16-7-3-9-17-15(16)8-4-11-20-17/h3-9,11-12,18-19H,2,10,13H2,1H3. The monoisotopic (exact) mass is 296 g/mol. The lowest BCUT2D eigenvalue weighted by Crippen LogP contribution is -2.24. The number of nitrogens with zero attached hydrogens (tertiary/aromatic N) is 1. The number of pyridine rings is 1. The summed E-state index contributed by atoms with van der Waals surface area (Å²) in [6, 6.07) is 15.3. The van der Waals surface area contributed by atoms with E-state index in [0.29, 0.717) is 6.04 Å². The highest BCUT2D eigenvalue weighted by atomic mass is 32.1. The zero-order valence-corrected chi connectivity index (χ0v) is 13.1. The smallest absolute Gasteiger partial charge is 0.0705 e. The lowest BCUT2D eigenvalue weighted by Gasteiger charge is -2.20. The summed E-state index contributed by atoms with van der Waals surface area (Å²) in [7, 11) is 0. The highest BCUT2D eigenvalue weighted by molar-refractivity contribution is 7.09. The van der Waals surface area contributed by atoms with Gasteiger partial charge >= 0.3 is 0 Å². The van der Waals surface area contributed by atoms with Crippen LogP contribution in [0.5, 0.6) is 0 Å².